The van der Waals surface area contributed by atoms with E-state index in [-0.39, 0.29) is 5.38 Å². The average molecular weight is 175 g/mol. The summed E-state index contributed by atoms with van der Waals surface area (Å²) >= 11 is 6.14. The lowest BCUT2D eigenvalue weighted by Gasteiger charge is -2.16. The van der Waals surface area contributed by atoms with Crippen LogP contribution in [0.3, 0.4) is 0 Å². The minimum atomic E-state index is 0.0856. The van der Waals surface area contributed by atoms with Gasteiger partial charge in [-0.3, -0.25) is 0 Å². The number of allylic oxidation sites excluding steroid dienone is 1. The first-order valence-electron chi connectivity index (χ1n) is 4.22. The van der Waals surface area contributed by atoms with Crippen molar-refractivity contribution in [3.05, 3.63) is 11.8 Å². The minimum absolute atomic E-state index is 0.0856. The first-order valence-corrected chi connectivity index (χ1v) is 4.66. The predicted octanol–water partition coefficient (Wildman–Crippen LogP) is 2.94. The number of rotatable bonds is 3. The van der Waals surface area contributed by atoms with Gasteiger partial charge in [-0.15, -0.1) is 11.6 Å². The van der Waals surface area contributed by atoms with E-state index >= 15 is 0 Å². The summed E-state index contributed by atoms with van der Waals surface area (Å²) in [6, 6.07) is 0. The Morgan fingerprint density at radius 3 is 2.91 bits per heavy atom. The molecule has 0 spiro atoms. The molecule has 0 aromatic rings. The van der Waals surface area contributed by atoms with E-state index in [0.717, 1.165) is 25.2 Å². The van der Waals surface area contributed by atoms with Crippen molar-refractivity contribution in [1.29, 1.82) is 0 Å². The van der Waals surface area contributed by atoms with E-state index in [0.29, 0.717) is 5.92 Å². The SMILES string of the molecule is CCC(C)C(Cl)C1=CCCO1. The van der Waals surface area contributed by atoms with Gasteiger partial charge in [0.05, 0.1) is 12.0 Å². The molecule has 0 amide bonds. The number of alkyl halides is 1. The normalized spacial score (nSPS) is 22.3. The monoisotopic (exact) mass is 174 g/mol. The molecule has 0 N–H and O–H groups in total. The Labute approximate surface area is 73.4 Å². The molecule has 2 unspecified atom stereocenters. The number of hydrogen-bond acceptors (Lipinski definition) is 1. The molecule has 0 fully saturated rings. The molecule has 0 bridgehead atoms. The van der Waals surface area contributed by atoms with Crippen molar-refractivity contribution in [2.24, 2.45) is 5.92 Å². The second-order valence-corrected chi connectivity index (χ2v) is 3.50. The van der Waals surface area contributed by atoms with Crippen LogP contribution < -0.4 is 0 Å². The Morgan fingerprint density at radius 2 is 2.45 bits per heavy atom. The molecule has 0 saturated heterocycles. The van der Waals surface area contributed by atoms with Crippen LogP contribution in [-0.2, 0) is 4.74 Å². The lowest BCUT2D eigenvalue weighted by Crippen LogP contribution is -2.13. The van der Waals surface area contributed by atoms with Crippen LogP contribution in [0.2, 0.25) is 0 Å². The zero-order valence-electron chi connectivity index (χ0n) is 7.14. The Bertz CT molecular complexity index is 154. The maximum absolute atomic E-state index is 6.14. The molecular weight excluding hydrogens is 160 g/mol. The maximum Gasteiger partial charge on any atom is 0.110 e. The summed E-state index contributed by atoms with van der Waals surface area (Å²) in [5.41, 5.74) is 0. The molecule has 0 aromatic heterocycles. The number of hydrogen-bond donors (Lipinski definition) is 0. The first kappa shape index (κ1) is 8.92. The van der Waals surface area contributed by atoms with Crippen molar-refractivity contribution in [1.82, 2.24) is 0 Å². The maximum atomic E-state index is 6.14. The summed E-state index contributed by atoms with van der Waals surface area (Å²) in [7, 11) is 0. The van der Waals surface area contributed by atoms with Gasteiger partial charge < -0.3 is 4.74 Å². The average Bonchev–Trinajstić information content (AvgIpc) is 2.53. The molecule has 1 heterocycles. The van der Waals surface area contributed by atoms with Gasteiger partial charge in [0.25, 0.3) is 0 Å². The zero-order chi connectivity index (χ0) is 8.27. The van der Waals surface area contributed by atoms with Gasteiger partial charge in [0.2, 0.25) is 0 Å². The van der Waals surface area contributed by atoms with Gasteiger partial charge in [0, 0.05) is 6.42 Å². The Hall–Kier alpha value is -0.170. The highest BCUT2D eigenvalue weighted by Gasteiger charge is 2.20. The third-order valence-corrected chi connectivity index (χ3v) is 2.79. The van der Waals surface area contributed by atoms with E-state index in [1.54, 1.807) is 0 Å². The zero-order valence-corrected chi connectivity index (χ0v) is 7.90. The topological polar surface area (TPSA) is 9.23 Å². The highest BCUT2D eigenvalue weighted by molar-refractivity contribution is 6.22. The third kappa shape index (κ3) is 2.13. The van der Waals surface area contributed by atoms with Crippen molar-refractivity contribution in [2.45, 2.75) is 32.1 Å². The van der Waals surface area contributed by atoms with Crippen molar-refractivity contribution in [3.8, 4) is 0 Å². The summed E-state index contributed by atoms with van der Waals surface area (Å²) in [6.07, 6.45) is 4.23. The molecule has 2 heteroatoms. The Morgan fingerprint density at radius 1 is 1.73 bits per heavy atom. The standard InChI is InChI=1S/C9H15ClO/c1-3-7(2)9(10)8-5-4-6-11-8/h5,7,9H,3-4,6H2,1-2H3. The summed E-state index contributed by atoms with van der Waals surface area (Å²) in [6.45, 7) is 5.12. The van der Waals surface area contributed by atoms with E-state index < -0.39 is 0 Å². The van der Waals surface area contributed by atoms with Crippen LogP contribution in [0.1, 0.15) is 26.7 Å². The van der Waals surface area contributed by atoms with Gasteiger partial charge in [-0.25, -0.2) is 0 Å². The first-order chi connectivity index (χ1) is 5.25. The largest absolute Gasteiger partial charge is 0.496 e. The van der Waals surface area contributed by atoms with Crippen molar-refractivity contribution in [2.75, 3.05) is 6.61 Å². The van der Waals surface area contributed by atoms with Gasteiger partial charge in [-0.1, -0.05) is 20.3 Å². The van der Waals surface area contributed by atoms with E-state index in [2.05, 4.69) is 19.9 Å². The van der Waals surface area contributed by atoms with E-state index in [4.69, 9.17) is 16.3 Å². The quantitative estimate of drug-likeness (QED) is 0.598. The fourth-order valence-corrected chi connectivity index (χ4v) is 1.45. The van der Waals surface area contributed by atoms with E-state index in [1.165, 1.54) is 0 Å². The fourth-order valence-electron chi connectivity index (χ4n) is 1.12. The Kier molecular flexibility index (Phi) is 3.25. The second kappa shape index (κ2) is 4.01. The molecule has 0 aromatic carbocycles. The molecule has 64 valence electrons. The van der Waals surface area contributed by atoms with Crippen LogP contribution in [0.5, 0.6) is 0 Å². The molecule has 1 aliphatic rings. The minimum Gasteiger partial charge on any atom is -0.496 e. The highest BCUT2D eigenvalue weighted by Crippen LogP contribution is 2.25. The lowest BCUT2D eigenvalue weighted by atomic mass is 10.0. The summed E-state index contributed by atoms with van der Waals surface area (Å²) < 4.78 is 5.37. The van der Waals surface area contributed by atoms with Gasteiger partial charge in [-0.05, 0) is 12.0 Å². The molecule has 0 aliphatic carbocycles. The van der Waals surface area contributed by atoms with Gasteiger partial charge in [-0.2, -0.15) is 0 Å². The fraction of sp³-hybridized carbons (Fsp3) is 0.778. The van der Waals surface area contributed by atoms with Gasteiger partial charge >= 0.3 is 0 Å². The van der Waals surface area contributed by atoms with Crippen LogP contribution in [0.25, 0.3) is 0 Å². The van der Waals surface area contributed by atoms with Crippen LogP contribution in [0, 0.1) is 5.92 Å². The summed E-state index contributed by atoms with van der Waals surface area (Å²) in [4.78, 5) is 0. The number of ether oxygens (including phenoxy) is 1. The summed E-state index contributed by atoms with van der Waals surface area (Å²) in [5.74, 6) is 1.50. The Balaban J connectivity index is 2.45. The van der Waals surface area contributed by atoms with E-state index in [1.807, 2.05) is 0 Å². The summed E-state index contributed by atoms with van der Waals surface area (Å²) in [5, 5.41) is 0.0856. The molecule has 1 aliphatic heterocycles. The molecule has 1 rings (SSSR count). The van der Waals surface area contributed by atoms with Gasteiger partial charge in [0.15, 0.2) is 0 Å². The predicted molar refractivity (Wildman–Crippen MR) is 47.7 cm³/mol. The molecule has 1 nitrogen and oxygen atoms in total. The van der Waals surface area contributed by atoms with Crippen LogP contribution >= 0.6 is 11.6 Å². The van der Waals surface area contributed by atoms with Crippen molar-refractivity contribution >= 4 is 11.6 Å². The second-order valence-electron chi connectivity index (χ2n) is 3.03. The van der Waals surface area contributed by atoms with Crippen LogP contribution in [0.15, 0.2) is 11.8 Å². The molecular formula is C9H15ClO. The molecule has 11 heavy (non-hydrogen) atoms. The lowest BCUT2D eigenvalue weighted by molar-refractivity contribution is 0.225. The van der Waals surface area contributed by atoms with Gasteiger partial charge in [0.1, 0.15) is 5.76 Å². The van der Waals surface area contributed by atoms with E-state index in [9.17, 15) is 0 Å². The molecule has 0 radical (unpaired) electrons. The smallest absolute Gasteiger partial charge is 0.110 e. The van der Waals surface area contributed by atoms with Crippen molar-refractivity contribution in [3.63, 3.8) is 0 Å². The molecule has 0 saturated carbocycles. The third-order valence-electron chi connectivity index (χ3n) is 2.15. The van der Waals surface area contributed by atoms with Crippen LogP contribution in [0.4, 0.5) is 0 Å². The number of halogens is 1. The van der Waals surface area contributed by atoms with Crippen molar-refractivity contribution < 1.29 is 4.74 Å². The van der Waals surface area contributed by atoms with Crippen LogP contribution in [-0.4, -0.2) is 12.0 Å². The molecule has 2 atom stereocenters. The highest BCUT2D eigenvalue weighted by atomic mass is 35.5.